The number of hydrogen-bond donors (Lipinski definition) is 1. The van der Waals surface area contributed by atoms with E-state index in [9.17, 15) is 5.11 Å². The smallest absolute Gasteiger partial charge is 0.0896 e. The standard InChI is InChI=1S/C14H13Cl2NO/c15-8-5-10-11(7-18)9-3-1-2-4-13(9)17-14(10)12(16)6-8/h5-6,18H,1-4,7H2. The van der Waals surface area contributed by atoms with Crippen molar-refractivity contribution < 1.29 is 5.11 Å². The molecule has 94 valence electrons. The van der Waals surface area contributed by atoms with E-state index in [1.54, 1.807) is 6.07 Å². The third kappa shape index (κ3) is 1.89. The summed E-state index contributed by atoms with van der Waals surface area (Å²) >= 11 is 12.2. The first kappa shape index (κ1) is 12.2. The van der Waals surface area contributed by atoms with Crippen LogP contribution in [0.4, 0.5) is 0 Å². The van der Waals surface area contributed by atoms with Gasteiger partial charge in [-0.3, -0.25) is 4.98 Å². The molecular formula is C14H13Cl2NO. The number of halogens is 2. The van der Waals surface area contributed by atoms with Crippen molar-refractivity contribution in [2.75, 3.05) is 0 Å². The number of fused-ring (bicyclic) bond motifs is 2. The van der Waals surface area contributed by atoms with Gasteiger partial charge < -0.3 is 5.11 Å². The lowest BCUT2D eigenvalue weighted by molar-refractivity contribution is 0.281. The number of pyridine rings is 1. The molecule has 1 aliphatic carbocycles. The van der Waals surface area contributed by atoms with Crippen molar-refractivity contribution in [1.82, 2.24) is 4.98 Å². The topological polar surface area (TPSA) is 33.1 Å². The molecule has 0 radical (unpaired) electrons. The molecule has 1 heterocycles. The maximum atomic E-state index is 9.66. The summed E-state index contributed by atoms with van der Waals surface area (Å²) in [5.74, 6) is 0. The zero-order valence-corrected chi connectivity index (χ0v) is 11.4. The summed E-state index contributed by atoms with van der Waals surface area (Å²) in [6.45, 7) is 0.0119. The second-order valence-corrected chi connectivity index (χ2v) is 5.51. The van der Waals surface area contributed by atoms with E-state index < -0.39 is 0 Å². The number of hydrogen-bond acceptors (Lipinski definition) is 2. The summed E-state index contributed by atoms with van der Waals surface area (Å²) in [6, 6.07) is 3.55. The first-order valence-electron chi connectivity index (χ1n) is 6.11. The number of aryl methyl sites for hydroxylation is 1. The van der Waals surface area contributed by atoms with Crippen molar-refractivity contribution in [2.24, 2.45) is 0 Å². The maximum absolute atomic E-state index is 9.66. The lowest BCUT2D eigenvalue weighted by atomic mass is 9.90. The van der Waals surface area contributed by atoms with Crippen LogP contribution in [0.3, 0.4) is 0 Å². The second-order valence-electron chi connectivity index (χ2n) is 4.66. The van der Waals surface area contributed by atoms with Crippen LogP contribution in [-0.2, 0) is 19.4 Å². The van der Waals surface area contributed by atoms with Crippen molar-refractivity contribution >= 4 is 34.1 Å². The largest absolute Gasteiger partial charge is 0.392 e. The fourth-order valence-electron chi connectivity index (χ4n) is 2.73. The number of nitrogens with zero attached hydrogens (tertiary/aromatic N) is 1. The molecule has 1 aliphatic rings. The molecule has 0 spiro atoms. The minimum atomic E-state index is 0.0119. The fraction of sp³-hybridized carbons (Fsp3) is 0.357. The molecule has 0 atom stereocenters. The van der Waals surface area contributed by atoms with E-state index in [1.807, 2.05) is 6.07 Å². The van der Waals surface area contributed by atoms with Crippen molar-refractivity contribution in [3.05, 3.63) is 39.0 Å². The van der Waals surface area contributed by atoms with E-state index in [2.05, 4.69) is 4.98 Å². The van der Waals surface area contributed by atoms with Crippen LogP contribution in [-0.4, -0.2) is 10.1 Å². The van der Waals surface area contributed by atoms with Gasteiger partial charge in [0.05, 0.1) is 17.1 Å². The van der Waals surface area contributed by atoms with Crippen molar-refractivity contribution in [1.29, 1.82) is 0 Å². The first-order chi connectivity index (χ1) is 8.70. The summed E-state index contributed by atoms with van der Waals surface area (Å²) < 4.78 is 0. The number of aliphatic hydroxyl groups is 1. The number of benzene rings is 1. The van der Waals surface area contributed by atoms with E-state index in [0.717, 1.165) is 47.8 Å². The van der Waals surface area contributed by atoms with Crippen molar-refractivity contribution in [3.63, 3.8) is 0 Å². The average Bonchev–Trinajstić information content (AvgIpc) is 2.36. The quantitative estimate of drug-likeness (QED) is 0.860. The molecule has 0 aliphatic heterocycles. The van der Waals surface area contributed by atoms with Crippen LogP contribution in [0, 0.1) is 0 Å². The van der Waals surface area contributed by atoms with Crippen molar-refractivity contribution in [3.8, 4) is 0 Å². The molecule has 18 heavy (non-hydrogen) atoms. The third-order valence-corrected chi connectivity index (χ3v) is 4.07. The molecule has 0 saturated heterocycles. The predicted molar refractivity (Wildman–Crippen MR) is 74.3 cm³/mol. The third-order valence-electron chi connectivity index (χ3n) is 3.56. The van der Waals surface area contributed by atoms with E-state index in [-0.39, 0.29) is 6.61 Å². The molecule has 0 fully saturated rings. The van der Waals surface area contributed by atoms with Crippen LogP contribution in [0.25, 0.3) is 10.9 Å². The molecule has 2 aromatic rings. The van der Waals surface area contributed by atoms with E-state index in [4.69, 9.17) is 23.2 Å². The molecule has 0 bridgehead atoms. The Morgan fingerprint density at radius 1 is 1.17 bits per heavy atom. The number of aromatic nitrogens is 1. The van der Waals surface area contributed by atoms with Crippen LogP contribution in [0.2, 0.25) is 10.0 Å². The molecular weight excluding hydrogens is 269 g/mol. The van der Waals surface area contributed by atoms with Gasteiger partial charge in [-0.2, -0.15) is 0 Å². The lowest BCUT2D eigenvalue weighted by Crippen LogP contribution is -2.10. The molecule has 3 rings (SSSR count). The van der Waals surface area contributed by atoms with Gasteiger partial charge in [-0.15, -0.1) is 0 Å². The highest BCUT2D eigenvalue weighted by molar-refractivity contribution is 6.38. The minimum absolute atomic E-state index is 0.0119. The van der Waals surface area contributed by atoms with E-state index >= 15 is 0 Å². The van der Waals surface area contributed by atoms with Crippen LogP contribution in [0.1, 0.15) is 29.7 Å². The van der Waals surface area contributed by atoms with Crippen LogP contribution >= 0.6 is 23.2 Å². The molecule has 1 N–H and O–H groups in total. The zero-order chi connectivity index (χ0) is 12.7. The monoisotopic (exact) mass is 281 g/mol. The van der Waals surface area contributed by atoms with Crippen LogP contribution < -0.4 is 0 Å². The fourth-order valence-corrected chi connectivity index (χ4v) is 3.26. The van der Waals surface area contributed by atoms with Crippen LogP contribution in [0.15, 0.2) is 12.1 Å². The lowest BCUT2D eigenvalue weighted by Gasteiger charge is -2.20. The average molecular weight is 282 g/mol. The number of rotatable bonds is 1. The molecule has 0 saturated carbocycles. The summed E-state index contributed by atoms with van der Waals surface area (Å²) in [7, 11) is 0. The van der Waals surface area contributed by atoms with Gasteiger partial charge in [0.15, 0.2) is 0 Å². The van der Waals surface area contributed by atoms with Gasteiger partial charge in [0.2, 0.25) is 0 Å². The Morgan fingerprint density at radius 2 is 1.94 bits per heavy atom. The van der Waals surface area contributed by atoms with Gasteiger partial charge in [0, 0.05) is 16.1 Å². The van der Waals surface area contributed by atoms with Crippen molar-refractivity contribution in [2.45, 2.75) is 32.3 Å². The molecule has 2 nitrogen and oxygen atoms in total. The van der Waals surface area contributed by atoms with Gasteiger partial charge in [-0.1, -0.05) is 23.2 Å². The Bertz CT molecular complexity index is 625. The molecule has 1 aromatic heterocycles. The Labute approximate surface area is 116 Å². The highest BCUT2D eigenvalue weighted by Gasteiger charge is 2.19. The minimum Gasteiger partial charge on any atom is -0.392 e. The Balaban J connectivity index is 2.40. The molecule has 0 amide bonds. The van der Waals surface area contributed by atoms with Gasteiger partial charge in [-0.25, -0.2) is 0 Å². The maximum Gasteiger partial charge on any atom is 0.0896 e. The Kier molecular flexibility index (Phi) is 3.18. The molecule has 1 aromatic carbocycles. The van der Waals surface area contributed by atoms with Gasteiger partial charge in [0.25, 0.3) is 0 Å². The van der Waals surface area contributed by atoms with Gasteiger partial charge in [-0.05, 0) is 48.9 Å². The van der Waals surface area contributed by atoms with E-state index in [0.29, 0.717) is 10.0 Å². The SMILES string of the molecule is OCc1c2c(nc3c(Cl)cc(Cl)cc13)CCCC2. The van der Waals surface area contributed by atoms with E-state index in [1.165, 1.54) is 5.56 Å². The second kappa shape index (κ2) is 4.69. The predicted octanol–water partition coefficient (Wildman–Crippen LogP) is 3.91. The Hall–Kier alpha value is -0.830. The number of aliphatic hydroxyl groups excluding tert-OH is 1. The Morgan fingerprint density at radius 3 is 2.72 bits per heavy atom. The van der Waals surface area contributed by atoms with Gasteiger partial charge in [0.1, 0.15) is 0 Å². The highest BCUT2D eigenvalue weighted by atomic mass is 35.5. The van der Waals surface area contributed by atoms with Gasteiger partial charge >= 0.3 is 0 Å². The summed E-state index contributed by atoms with van der Waals surface area (Å²) in [5.41, 5.74) is 3.97. The highest BCUT2D eigenvalue weighted by Crippen LogP contribution is 2.34. The summed E-state index contributed by atoms with van der Waals surface area (Å²) in [5, 5.41) is 11.7. The normalized spacial score (nSPS) is 14.8. The summed E-state index contributed by atoms with van der Waals surface area (Å²) in [4.78, 5) is 4.66. The molecule has 0 unspecified atom stereocenters. The molecule has 4 heteroatoms. The first-order valence-corrected chi connectivity index (χ1v) is 6.86. The summed E-state index contributed by atoms with van der Waals surface area (Å²) in [6.07, 6.45) is 4.26. The zero-order valence-electron chi connectivity index (χ0n) is 9.84. The van der Waals surface area contributed by atoms with Crippen LogP contribution in [0.5, 0.6) is 0 Å².